The van der Waals surface area contributed by atoms with Gasteiger partial charge in [-0.15, -0.1) is 0 Å². The minimum Gasteiger partial charge on any atom is -0.399 e. The van der Waals surface area contributed by atoms with E-state index in [1.807, 2.05) is 4.90 Å². The zero-order valence-electron chi connectivity index (χ0n) is 10.0. The molecule has 0 amide bonds. The summed E-state index contributed by atoms with van der Waals surface area (Å²) in [6.45, 7) is 1.78. The molecular weight excluding hydrogens is 238 g/mol. The lowest BCUT2D eigenvalue weighted by Crippen LogP contribution is -2.38. The van der Waals surface area contributed by atoms with Gasteiger partial charge in [-0.3, -0.25) is 0 Å². The highest BCUT2D eigenvalue weighted by molar-refractivity contribution is 7.89. The van der Waals surface area contributed by atoms with Gasteiger partial charge in [0.25, 0.3) is 0 Å². The first-order valence-electron chi connectivity index (χ1n) is 5.50. The maximum Gasteiger partial charge on any atom is 0.244 e. The third-order valence-corrected chi connectivity index (χ3v) is 4.80. The van der Waals surface area contributed by atoms with Crippen LogP contribution in [0.25, 0.3) is 0 Å². The molecule has 2 N–H and O–H groups in total. The van der Waals surface area contributed by atoms with Gasteiger partial charge in [0.15, 0.2) is 0 Å². The Morgan fingerprint density at radius 3 is 2.41 bits per heavy atom. The Bertz CT molecular complexity index is 522. The van der Waals surface area contributed by atoms with Crippen molar-refractivity contribution in [3.8, 4) is 0 Å². The second-order valence-electron chi connectivity index (χ2n) is 4.36. The van der Waals surface area contributed by atoms with Crippen LogP contribution in [0.15, 0.2) is 23.1 Å². The largest absolute Gasteiger partial charge is 0.399 e. The van der Waals surface area contributed by atoms with Crippen molar-refractivity contribution in [1.29, 1.82) is 0 Å². The molecule has 1 aromatic rings. The molecule has 1 aromatic carbocycles. The standard InChI is InChI=1S/C11H17N3O2S/c1-13(2)17(15,16)11-5-4-9(12)8-10(11)14-6-3-7-14/h4-5,8H,3,6-7,12H2,1-2H3. The summed E-state index contributed by atoms with van der Waals surface area (Å²) in [5.41, 5.74) is 7.03. The molecule has 1 aliphatic rings. The van der Waals surface area contributed by atoms with E-state index in [0.29, 0.717) is 16.3 Å². The molecule has 5 nitrogen and oxygen atoms in total. The summed E-state index contributed by atoms with van der Waals surface area (Å²) in [5, 5.41) is 0. The number of hydrogen-bond donors (Lipinski definition) is 1. The van der Waals surface area contributed by atoms with E-state index in [2.05, 4.69) is 0 Å². The van der Waals surface area contributed by atoms with Crippen molar-refractivity contribution in [2.24, 2.45) is 0 Å². The third-order valence-electron chi connectivity index (χ3n) is 2.94. The molecule has 1 aliphatic heterocycles. The van der Waals surface area contributed by atoms with Crippen molar-refractivity contribution < 1.29 is 8.42 Å². The molecule has 0 radical (unpaired) electrons. The number of sulfonamides is 1. The molecule has 1 heterocycles. The molecule has 1 fully saturated rings. The van der Waals surface area contributed by atoms with Crippen molar-refractivity contribution in [2.45, 2.75) is 11.3 Å². The first-order valence-corrected chi connectivity index (χ1v) is 6.94. The van der Waals surface area contributed by atoms with Gasteiger partial charge in [0.05, 0.1) is 5.69 Å². The molecule has 0 bridgehead atoms. The summed E-state index contributed by atoms with van der Waals surface area (Å²) in [4.78, 5) is 2.36. The first kappa shape index (κ1) is 12.2. The van der Waals surface area contributed by atoms with Gasteiger partial charge in [-0.25, -0.2) is 12.7 Å². The van der Waals surface area contributed by atoms with Crippen LogP contribution in [-0.4, -0.2) is 39.9 Å². The number of anilines is 2. The molecule has 0 saturated carbocycles. The van der Waals surface area contributed by atoms with Gasteiger partial charge >= 0.3 is 0 Å². The van der Waals surface area contributed by atoms with Crippen LogP contribution in [0, 0.1) is 0 Å². The second-order valence-corrected chi connectivity index (χ2v) is 6.48. The monoisotopic (exact) mass is 255 g/mol. The average molecular weight is 255 g/mol. The molecule has 17 heavy (non-hydrogen) atoms. The highest BCUT2D eigenvalue weighted by Crippen LogP contribution is 2.31. The third kappa shape index (κ3) is 2.10. The van der Waals surface area contributed by atoms with E-state index in [4.69, 9.17) is 5.73 Å². The minimum atomic E-state index is -3.41. The van der Waals surface area contributed by atoms with Crippen molar-refractivity contribution in [3.05, 3.63) is 18.2 Å². The van der Waals surface area contributed by atoms with Gasteiger partial charge in [-0.2, -0.15) is 0 Å². The Kier molecular flexibility index (Phi) is 3.01. The number of benzene rings is 1. The molecule has 94 valence electrons. The van der Waals surface area contributed by atoms with E-state index in [0.717, 1.165) is 19.5 Å². The molecule has 6 heteroatoms. The summed E-state index contributed by atoms with van der Waals surface area (Å²) >= 11 is 0. The van der Waals surface area contributed by atoms with Crippen LogP contribution >= 0.6 is 0 Å². The minimum absolute atomic E-state index is 0.330. The average Bonchev–Trinajstić information content (AvgIpc) is 2.14. The van der Waals surface area contributed by atoms with Crippen LogP contribution in [0.4, 0.5) is 11.4 Å². The fourth-order valence-corrected chi connectivity index (χ4v) is 2.84. The Morgan fingerprint density at radius 1 is 1.29 bits per heavy atom. The normalized spacial score (nSPS) is 16.1. The smallest absolute Gasteiger partial charge is 0.244 e. The summed E-state index contributed by atoms with van der Waals surface area (Å²) in [6, 6.07) is 4.94. The highest BCUT2D eigenvalue weighted by atomic mass is 32.2. The van der Waals surface area contributed by atoms with Crippen LogP contribution in [-0.2, 0) is 10.0 Å². The van der Waals surface area contributed by atoms with E-state index in [9.17, 15) is 8.42 Å². The fourth-order valence-electron chi connectivity index (χ4n) is 1.75. The topological polar surface area (TPSA) is 66.6 Å². The van der Waals surface area contributed by atoms with Crippen LogP contribution in [0.5, 0.6) is 0 Å². The van der Waals surface area contributed by atoms with Gasteiger partial charge in [0, 0.05) is 32.9 Å². The number of nitrogens with two attached hydrogens (primary N) is 1. The Morgan fingerprint density at radius 2 is 1.94 bits per heavy atom. The number of nitrogens with zero attached hydrogens (tertiary/aromatic N) is 2. The van der Waals surface area contributed by atoms with Gasteiger partial charge in [-0.1, -0.05) is 0 Å². The molecule has 0 aromatic heterocycles. The van der Waals surface area contributed by atoms with Gasteiger partial charge in [0.2, 0.25) is 10.0 Å². The Balaban J connectivity index is 2.53. The highest BCUT2D eigenvalue weighted by Gasteiger charge is 2.26. The van der Waals surface area contributed by atoms with Gasteiger partial charge < -0.3 is 10.6 Å². The van der Waals surface area contributed by atoms with Gasteiger partial charge in [-0.05, 0) is 24.6 Å². The maximum atomic E-state index is 12.2. The van der Waals surface area contributed by atoms with Crippen molar-refractivity contribution in [2.75, 3.05) is 37.8 Å². The number of nitrogen functional groups attached to an aromatic ring is 1. The summed E-state index contributed by atoms with van der Waals surface area (Å²) in [7, 11) is -0.343. The zero-order valence-corrected chi connectivity index (χ0v) is 10.9. The first-order chi connectivity index (χ1) is 7.93. The molecule has 1 saturated heterocycles. The van der Waals surface area contributed by atoms with E-state index >= 15 is 0 Å². The Hall–Kier alpha value is -1.27. The fraction of sp³-hybridized carbons (Fsp3) is 0.455. The maximum absolute atomic E-state index is 12.2. The molecule has 0 unspecified atom stereocenters. The van der Waals surface area contributed by atoms with Crippen LogP contribution in [0.2, 0.25) is 0 Å². The van der Waals surface area contributed by atoms with Crippen LogP contribution in [0.3, 0.4) is 0 Å². The summed E-state index contributed by atoms with van der Waals surface area (Å²) in [6.07, 6.45) is 1.09. The van der Waals surface area contributed by atoms with E-state index in [-0.39, 0.29) is 0 Å². The van der Waals surface area contributed by atoms with Crippen molar-refractivity contribution in [3.63, 3.8) is 0 Å². The summed E-state index contributed by atoms with van der Waals surface area (Å²) in [5.74, 6) is 0. The quantitative estimate of drug-likeness (QED) is 0.809. The molecule has 0 aliphatic carbocycles. The lowest BCUT2D eigenvalue weighted by Gasteiger charge is -2.35. The Labute approximate surface area is 102 Å². The van der Waals surface area contributed by atoms with Gasteiger partial charge in [0.1, 0.15) is 4.90 Å². The molecular formula is C11H17N3O2S. The molecule has 2 rings (SSSR count). The summed E-state index contributed by atoms with van der Waals surface area (Å²) < 4.78 is 25.6. The van der Waals surface area contributed by atoms with Crippen LogP contribution < -0.4 is 10.6 Å². The van der Waals surface area contributed by atoms with E-state index in [1.54, 1.807) is 18.2 Å². The lowest BCUT2D eigenvalue weighted by molar-refractivity contribution is 0.519. The predicted molar refractivity (Wildman–Crippen MR) is 68.6 cm³/mol. The SMILES string of the molecule is CN(C)S(=O)(=O)c1ccc(N)cc1N1CCC1. The van der Waals surface area contributed by atoms with E-state index in [1.165, 1.54) is 18.4 Å². The van der Waals surface area contributed by atoms with Crippen LogP contribution in [0.1, 0.15) is 6.42 Å². The molecule has 0 atom stereocenters. The van der Waals surface area contributed by atoms with Crippen molar-refractivity contribution in [1.82, 2.24) is 4.31 Å². The second kappa shape index (κ2) is 4.19. The predicted octanol–water partition coefficient (Wildman–Crippen LogP) is 0.729. The number of hydrogen-bond acceptors (Lipinski definition) is 4. The lowest BCUT2D eigenvalue weighted by atomic mass is 10.1. The van der Waals surface area contributed by atoms with E-state index < -0.39 is 10.0 Å². The molecule has 0 spiro atoms. The zero-order chi connectivity index (χ0) is 12.6. The van der Waals surface area contributed by atoms with Crippen molar-refractivity contribution >= 4 is 21.4 Å². The number of rotatable bonds is 3.